The molecule has 0 spiro atoms. The molecule has 1 saturated carbocycles. The lowest BCUT2D eigenvalue weighted by molar-refractivity contribution is -0.136. The topological polar surface area (TPSA) is 101 Å². The first-order chi connectivity index (χ1) is 10.4. The van der Waals surface area contributed by atoms with Crippen LogP contribution in [0.1, 0.15) is 19.3 Å². The van der Waals surface area contributed by atoms with Crippen LogP contribution in [0.4, 0.5) is 14.5 Å². The lowest BCUT2D eigenvalue weighted by Gasteiger charge is -2.13. The van der Waals surface area contributed by atoms with Gasteiger partial charge in [-0.05, 0) is 31.4 Å². The van der Waals surface area contributed by atoms with Crippen LogP contribution < -0.4 is 16.4 Å². The second-order valence-corrected chi connectivity index (χ2v) is 5.13. The third-order valence-corrected chi connectivity index (χ3v) is 3.58. The highest BCUT2D eigenvalue weighted by atomic mass is 19.1. The van der Waals surface area contributed by atoms with Gasteiger partial charge in [0.2, 0.25) is 5.91 Å². The van der Waals surface area contributed by atoms with Crippen LogP contribution in [0, 0.1) is 17.6 Å². The monoisotopic (exact) mass is 311 g/mol. The van der Waals surface area contributed by atoms with Gasteiger partial charge < -0.3 is 16.4 Å². The van der Waals surface area contributed by atoms with Gasteiger partial charge in [-0.25, -0.2) is 8.78 Å². The van der Waals surface area contributed by atoms with Gasteiger partial charge in [-0.15, -0.1) is 0 Å². The molecular formula is C14H15F2N3O3. The molecule has 1 aliphatic carbocycles. The van der Waals surface area contributed by atoms with Crippen molar-refractivity contribution in [3.05, 3.63) is 29.8 Å². The van der Waals surface area contributed by atoms with Crippen LogP contribution in [0.25, 0.3) is 0 Å². The van der Waals surface area contributed by atoms with Gasteiger partial charge in [-0.2, -0.15) is 0 Å². The van der Waals surface area contributed by atoms with Crippen molar-refractivity contribution in [2.45, 2.75) is 25.3 Å². The highest BCUT2D eigenvalue weighted by molar-refractivity contribution is 6.39. The molecule has 22 heavy (non-hydrogen) atoms. The lowest BCUT2D eigenvalue weighted by Crippen LogP contribution is -2.41. The molecule has 0 unspecified atom stereocenters. The Balaban J connectivity index is 1.93. The van der Waals surface area contributed by atoms with Crippen LogP contribution in [0.15, 0.2) is 18.2 Å². The second-order valence-electron chi connectivity index (χ2n) is 5.13. The zero-order valence-electron chi connectivity index (χ0n) is 11.6. The number of primary amides is 1. The molecule has 1 aromatic rings. The van der Waals surface area contributed by atoms with Crippen LogP contribution in [0.2, 0.25) is 0 Å². The van der Waals surface area contributed by atoms with E-state index >= 15 is 0 Å². The summed E-state index contributed by atoms with van der Waals surface area (Å²) in [5.41, 5.74) is 4.49. The first-order valence-electron chi connectivity index (χ1n) is 6.73. The van der Waals surface area contributed by atoms with E-state index in [1.54, 1.807) is 0 Å². The van der Waals surface area contributed by atoms with Crippen molar-refractivity contribution in [3.63, 3.8) is 0 Å². The van der Waals surface area contributed by atoms with Crippen LogP contribution in [0.3, 0.4) is 0 Å². The summed E-state index contributed by atoms with van der Waals surface area (Å²) in [6.07, 6.45) is 1.40. The minimum atomic E-state index is -1.17. The fourth-order valence-corrected chi connectivity index (χ4v) is 2.41. The molecule has 118 valence electrons. The van der Waals surface area contributed by atoms with E-state index in [-0.39, 0.29) is 12.0 Å². The van der Waals surface area contributed by atoms with Gasteiger partial charge in [-0.1, -0.05) is 6.07 Å². The molecule has 6 nitrogen and oxygen atoms in total. The van der Waals surface area contributed by atoms with Gasteiger partial charge in [-0.3, -0.25) is 14.4 Å². The Morgan fingerprint density at radius 2 is 1.73 bits per heavy atom. The van der Waals surface area contributed by atoms with Crippen LogP contribution >= 0.6 is 0 Å². The van der Waals surface area contributed by atoms with Gasteiger partial charge in [0.25, 0.3) is 0 Å². The standard InChI is InChI=1S/C14H15F2N3O3/c15-9-2-1-3-10(16)11(9)19-14(22)13(21)18-8-5-4-7(6-8)12(17)20/h1-3,7-8H,4-6H2,(H2,17,20)(H,18,21)(H,19,22)/t7-,8-/m0/s1. The van der Waals surface area contributed by atoms with E-state index < -0.39 is 35.0 Å². The van der Waals surface area contributed by atoms with Gasteiger partial charge in [0.1, 0.15) is 17.3 Å². The summed E-state index contributed by atoms with van der Waals surface area (Å²) in [4.78, 5) is 34.4. The normalized spacial score (nSPS) is 20.5. The number of hydrogen-bond acceptors (Lipinski definition) is 3. The molecule has 2 rings (SSSR count). The molecule has 1 fully saturated rings. The number of carbonyl (C=O) groups excluding carboxylic acids is 3. The van der Waals surface area contributed by atoms with E-state index in [0.29, 0.717) is 19.3 Å². The number of carbonyl (C=O) groups is 3. The summed E-state index contributed by atoms with van der Waals surface area (Å²) < 4.78 is 26.8. The zero-order chi connectivity index (χ0) is 16.3. The first-order valence-corrected chi connectivity index (χ1v) is 6.73. The lowest BCUT2D eigenvalue weighted by atomic mass is 10.1. The highest BCUT2D eigenvalue weighted by Crippen LogP contribution is 2.25. The molecule has 0 heterocycles. The predicted molar refractivity (Wildman–Crippen MR) is 73.5 cm³/mol. The van der Waals surface area contributed by atoms with Gasteiger partial charge in [0.15, 0.2) is 0 Å². The van der Waals surface area contributed by atoms with Gasteiger partial charge in [0, 0.05) is 12.0 Å². The zero-order valence-corrected chi connectivity index (χ0v) is 11.6. The van der Waals surface area contributed by atoms with Crippen molar-refractivity contribution in [1.29, 1.82) is 0 Å². The van der Waals surface area contributed by atoms with Crippen molar-refractivity contribution in [2.24, 2.45) is 11.7 Å². The molecule has 1 aromatic carbocycles. The average Bonchev–Trinajstić information content (AvgIpc) is 2.91. The summed E-state index contributed by atoms with van der Waals surface area (Å²) in [6.45, 7) is 0. The van der Waals surface area contributed by atoms with E-state index in [1.165, 1.54) is 0 Å². The first kappa shape index (κ1) is 15.9. The molecule has 0 radical (unpaired) electrons. The Morgan fingerprint density at radius 1 is 1.09 bits per heavy atom. The summed E-state index contributed by atoms with van der Waals surface area (Å²) in [5, 5.41) is 4.31. The molecule has 0 saturated heterocycles. The predicted octanol–water partition coefficient (Wildman–Crippen LogP) is 0.673. The van der Waals surface area contributed by atoms with E-state index in [2.05, 4.69) is 5.32 Å². The third kappa shape index (κ3) is 3.57. The number of para-hydroxylation sites is 1. The molecule has 2 atom stereocenters. The number of nitrogens with one attached hydrogen (secondary N) is 2. The smallest absolute Gasteiger partial charge is 0.313 e. The minimum absolute atomic E-state index is 0.336. The molecule has 1 aliphatic rings. The summed E-state index contributed by atoms with van der Waals surface area (Å²) in [6, 6.07) is 2.71. The number of halogens is 2. The van der Waals surface area contributed by atoms with Crippen molar-refractivity contribution < 1.29 is 23.2 Å². The van der Waals surface area contributed by atoms with Crippen molar-refractivity contribution in [2.75, 3.05) is 5.32 Å². The molecule has 0 aliphatic heterocycles. The Bertz CT molecular complexity index is 601. The van der Waals surface area contributed by atoms with E-state index in [4.69, 9.17) is 5.73 Å². The maximum atomic E-state index is 13.4. The van der Waals surface area contributed by atoms with Crippen molar-refractivity contribution in [1.82, 2.24) is 5.32 Å². The molecule has 3 amide bonds. The fraction of sp³-hybridized carbons (Fsp3) is 0.357. The number of nitrogens with two attached hydrogens (primary N) is 1. The molecule has 0 aromatic heterocycles. The maximum absolute atomic E-state index is 13.4. The van der Waals surface area contributed by atoms with E-state index in [1.807, 2.05) is 5.32 Å². The Hall–Kier alpha value is -2.51. The van der Waals surface area contributed by atoms with Crippen LogP contribution in [0.5, 0.6) is 0 Å². The molecule has 8 heteroatoms. The minimum Gasteiger partial charge on any atom is -0.369 e. The van der Waals surface area contributed by atoms with Crippen molar-refractivity contribution >= 4 is 23.4 Å². The number of amides is 3. The quantitative estimate of drug-likeness (QED) is 0.715. The van der Waals surface area contributed by atoms with E-state index in [9.17, 15) is 23.2 Å². The summed E-state index contributed by atoms with van der Waals surface area (Å²) in [5.74, 6) is -4.93. The summed E-state index contributed by atoms with van der Waals surface area (Å²) >= 11 is 0. The molecule has 4 N–H and O–H groups in total. The molecule has 0 bridgehead atoms. The Labute approximate surface area is 125 Å². The Morgan fingerprint density at radius 3 is 2.27 bits per heavy atom. The highest BCUT2D eigenvalue weighted by Gasteiger charge is 2.30. The van der Waals surface area contributed by atoms with Crippen molar-refractivity contribution in [3.8, 4) is 0 Å². The average molecular weight is 311 g/mol. The number of hydrogen-bond donors (Lipinski definition) is 3. The van der Waals surface area contributed by atoms with Crippen LogP contribution in [-0.2, 0) is 14.4 Å². The third-order valence-electron chi connectivity index (χ3n) is 3.58. The van der Waals surface area contributed by atoms with Crippen LogP contribution in [-0.4, -0.2) is 23.8 Å². The number of rotatable bonds is 3. The maximum Gasteiger partial charge on any atom is 0.313 e. The fourth-order valence-electron chi connectivity index (χ4n) is 2.41. The number of anilines is 1. The number of benzene rings is 1. The Kier molecular flexibility index (Phi) is 4.69. The summed E-state index contributed by atoms with van der Waals surface area (Å²) in [7, 11) is 0. The van der Waals surface area contributed by atoms with E-state index in [0.717, 1.165) is 18.2 Å². The SMILES string of the molecule is NC(=O)[C@H]1CC[C@H](NC(=O)C(=O)Nc2c(F)cccc2F)C1. The molecular weight excluding hydrogens is 296 g/mol. The second kappa shape index (κ2) is 6.50. The van der Waals surface area contributed by atoms with Gasteiger partial charge in [0.05, 0.1) is 0 Å². The largest absolute Gasteiger partial charge is 0.369 e. The van der Waals surface area contributed by atoms with Gasteiger partial charge >= 0.3 is 11.8 Å².